The maximum Gasteiger partial charge on any atom is 0.232 e. The minimum atomic E-state index is -3.49. The standard InChI is InChI=1S/C24H33ClN2O3S/c1-18(17-24(3,4)20-11-7-6-8-12-20)26-23(28)15-10-16-27(31(5,29)30)22-14-9-13-21(25)19(22)2/h6-9,11-14,18H,10,15-17H2,1-5H3,(H,26,28). The van der Waals surface area contributed by atoms with Gasteiger partial charge in [0.05, 0.1) is 11.9 Å². The van der Waals surface area contributed by atoms with Gasteiger partial charge in [0.1, 0.15) is 0 Å². The quantitative estimate of drug-likeness (QED) is 0.534. The minimum absolute atomic E-state index is 0.00360. The Balaban J connectivity index is 1.93. The van der Waals surface area contributed by atoms with Crippen molar-refractivity contribution in [3.63, 3.8) is 0 Å². The fraction of sp³-hybridized carbons (Fsp3) is 0.458. The van der Waals surface area contributed by atoms with Gasteiger partial charge in [0.25, 0.3) is 0 Å². The predicted octanol–water partition coefficient (Wildman–Crippen LogP) is 5.07. The summed E-state index contributed by atoms with van der Waals surface area (Å²) in [4.78, 5) is 12.5. The van der Waals surface area contributed by atoms with Crippen molar-refractivity contribution >= 4 is 33.2 Å². The summed E-state index contributed by atoms with van der Waals surface area (Å²) in [5.41, 5.74) is 2.42. The summed E-state index contributed by atoms with van der Waals surface area (Å²) in [5.74, 6) is -0.0763. The number of amides is 1. The van der Waals surface area contributed by atoms with E-state index in [9.17, 15) is 13.2 Å². The molecule has 31 heavy (non-hydrogen) atoms. The average molecular weight is 465 g/mol. The maximum atomic E-state index is 12.5. The van der Waals surface area contributed by atoms with Gasteiger partial charge in [-0.15, -0.1) is 0 Å². The fourth-order valence-electron chi connectivity index (χ4n) is 3.89. The van der Waals surface area contributed by atoms with Crippen LogP contribution in [0.5, 0.6) is 0 Å². The van der Waals surface area contributed by atoms with E-state index in [1.54, 1.807) is 25.1 Å². The van der Waals surface area contributed by atoms with Crippen molar-refractivity contribution in [3.05, 3.63) is 64.7 Å². The van der Waals surface area contributed by atoms with E-state index in [-0.39, 0.29) is 30.3 Å². The van der Waals surface area contributed by atoms with Crippen molar-refractivity contribution in [1.82, 2.24) is 5.32 Å². The molecule has 1 N–H and O–H groups in total. The molecule has 2 rings (SSSR count). The van der Waals surface area contributed by atoms with E-state index in [0.717, 1.165) is 6.42 Å². The third-order valence-electron chi connectivity index (χ3n) is 5.45. The molecule has 7 heteroatoms. The summed E-state index contributed by atoms with van der Waals surface area (Å²) in [6.45, 7) is 8.35. The summed E-state index contributed by atoms with van der Waals surface area (Å²) < 4.78 is 26.0. The van der Waals surface area contributed by atoms with Gasteiger partial charge in [0.15, 0.2) is 0 Å². The zero-order chi connectivity index (χ0) is 23.2. The number of halogens is 1. The van der Waals surface area contributed by atoms with Gasteiger partial charge in [-0.1, -0.05) is 61.8 Å². The smallest absolute Gasteiger partial charge is 0.232 e. The van der Waals surface area contributed by atoms with E-state index in [0.29, 0.717) is 22.7 Å². The van der Waals surface area contributed by atoms with Gasteiger partial charge in [0, 0.05) is 24.0 Å². The molecule has 0 radical (unpaired) electrons. The number of carbonyl (C=O) groups is 1. The SMILES string of the molecule is Cc1c(Cl)cccc1N(CCCC(=O)NC(C)CC(C)(C)c1ccccc1)S(C)(=O)=O. The largest absolute Gasteiger partial charge is 0.354 e. The van der Waals surface area contributed by atoms with Crippen molar-refractivity contribution < 1.29 is 13.2 Å². The van der Waals surface area contributed by atoms with E-state index >= 15 is 0 Å². The van der Waals surface area contributed by atoms with Crippen molar-refractivity contribution in [1.29, 1.82) is 0 Å². The maximum absolute atomic E-state index is 12.5. The van der Waals surface area contributed by atoms with Crippen LogP contribution in [0.15, 0.2) is 48.5 Å². The number of benzene rings is 2. The molecule has 5 nitrogen and oxygen atoms in total. The Morgan fingerprint density at radius 2 is 1.77 bits per heavy atom. The summed E-state index contributed by atoms with van der Waals surface area (Å²) in [6.07, 6.45) is 2.64. The fourth-order valence-corrected chi connectivity index (χ4v) is 5.07. The summed E-state index contributed by atoms with van der Waals surface area (Å²) in [6, 6.07) is 15.4. The molecular weight excluding hydrogens is 432 g/mol. The molecule has 1 atom stereocenters. The molecule has 0 heterocycles. The third-order valence-corrected chi connectivity index (χ3v) is 7.04. The zero-order valence-electron chi connectivity index (χ0n) is 19.0. The van der Waals surface area contributed by atoms with Crippen LogP contribution in [-0.2, 0) is 20.2 Å². The molecule has 0 bridgehead atoms. The van der Waals surface area contributed by atoms with Gasteiger partial charge in [-0.25, -0.2) is 8.42 Å². The van der Waals surface area contributed by atoms with Crippen molar-refractivity contribution in [2.45, 2.75) is 58.4 Å². The Bertz CT molecular complexity index is 991. The number of nitrogens with one attached hydrogen (secondary N) is 1. The van der Waals surface area contributed by atoms with Crippen LogP contribution in [0.2, 0.25) is 5.02 Å². The van der Waals surface area contributed by atoms with Crippen molar-refractivity contribution in [2.75, 3.05) is 17.1 Å². The van der Waals surface area contributed by atoms with Gasteiger partial charge in [-0.05, 0) is 55.4 Å². The predicted molar refractivity (Wildman–Crippen MR) is 129 cm³/mol. The van der Waals surface area contributed by atoms with Gasteiger partial charge < -0.3 is 5.32 Å². The first-order chi connectivity index (χ1) is 14.4. The van der Waals surface area contributed by atoms with E-state index in [4.69, 9.17) is 11.6 Å². The highest BCUT2D eigenvalue weighted by molar-refractivity contribution is 7.92. The second-order valence-electron chi connectivity index (χ2n) is 8.75. The minimum Gasteiger partial charge on any atom is -0.354 e. The summed E-state index contributed by atoms with van der Waals surface area (Å²) in [5, 5.41) is 3.56. The second kappa shape index (κ2) is 10.5. The van der Waals surface area contributed by atoms with Gasteiger partial charge in [-0.2, -0.15) is 0 Å². The van der Waals surface area contributed by atoms with Gasteiger partial charge in [0.2, 0.25) is 15.9 Å². The zero-order valence-corrected chi connectivity index (χ0v) is 20.6. The molecule has 0 aliphatic heterocycles. The Morgan fingerprint density at radius 1 is 1.13 bits per heavy atom. The molecule has 0 aromatic heterocycles. The summed E-state index contributed by atoms with van der Waals surface area (Å²) >= 11 is 6.16. The number of carbonyl (C=O) groups excluding carboxylic acids is 1. The highest BCUT2D eigenvalue weighted by atomic mass is 35.5. The van der Waals surface area contributed by atoms with Gasteiger partial charge in [-0.3, -0.25) is 9.10 Å². The number of anilines is 1. The normalized spacial score (nSPS) is 13.0. The highest BCUT2D eigenvalue weighted by Crippen LogP contribution is 2.29. The van der Waals surface area contributed by atoms with Crippen LogP contribution in [-0.4, -0.2) is 33.2 Å². The third kappa shape index (κ3) is 7.25. The van der Waals surface area contributed by atoms with Crippen LogP contribution >= 0.6 is 11.6 Å². The van der Waals surface area contributed by atoms with E-state index in [1.807, 2.05) is 25.1 Å². The molecule has 0 spiro atoms. The molecule has 0 saturated heterocycles. The van der Waals surface area contributed by atoms with E-state index < -0.39 is 10.0 Å². The number of rotatable bonds is 10. The molecule has 0 aliphatic rings. The molecule has 2 aromatic carbocycles. The first kappa shape index (κ1) is 25.2. The topological polar surface area (TPSA) is 66.5 Å². The number of sulfonamides is 1. The molecule has 2 aromatic rings. The molecular formula is C24H33ClN2O3S. The van der Waals surface area contributed by atoms with Crippen LogP contribution in [0.4, 0.5) is 5.69 Å². The molecule has 0 fully saturated rings. The second-order valence-corrected chi connectivity index (χ2v) is 11.1. The first-order valence-electron chi connectivity index (χ1n) is 10.5. The lowest BCUT2D eigenvalue weighted by molar-refractivity contribution is -0.121. The van der Waals surface area contributed by atoms with E-state index in [1.165, 1.54) is 16.1 Å². The summed E-state index contributed by atoms with van der Waals surface area (Å²) in [7, 11) is -3.49. The Hall–Kier alpha value is -2.05. The lowest BCUT2D eigenvalue weighted by Crippen LogP contribution is -2.38. The van der Waals surface area contributed by atoms with Crippen LogP contribution in [0.1, 0.15) is 51.2 Å². The monoisotopic (exact) mass is 464 g/mol. The van der Waals surface area contributed by atoms with Crippen LogP contribution < -0.4 is 9.62 Å². The molecule has 0 saturated carbocycles. The molecule has 170 valence electrons. The Labute approximate surface area is 191 Å². The average Bonchev–Trinajstić information content (AvgIpc) is 2.67. The molecule has 1 unspecified atom stereocenters. The van der Waals surface area contributed by atoms with Gasteiger partial charge >= 0.3 is 0 Å². The number of hydrogen-bond donors (Lipinski definition) is 1. The van der Waals surface area contributed by atoms with Crippen molar-refractivity contribution in [3.8, 4) is 0 Å². The number of hydrogen-bond acceptors (Lipinski definition) is 3. The lowest BCUT2D eigenvalue weighted by atomic mass is 9.79. The van der Waals surface area contributed by atoms with Crippen LogP contribution in [0.3, 0.4) is 0 Å². The van der Waals surface area contributed by atoms with Crippen LogP contribution in [0, 0.1) is 6.92 Å². The first-order valence-corrected chi connectivity index (χ1v) is 12.7. The van der Waals surface area contributed by atoms with Crippen molar-refractivity contribution in [2.24, 2.45) is 0 Å². The highest BCUT2D eigenvalue weighted by Gasteiger charge is 2.24. The Morgan fingerprint density at radius 3 is 2.39 bits per heavy atom. The Kier molecular flexibility index (Phi) is 8.55. The lowest BCUT2D eigenvalue weighted by Gasteiger charge is -2.29. The molecule has 1 amide bonds. The van der Waals surface area contributed by atoms with Crippen LogP contribution in [0.25, 0.3) is 0 Å². The number of nitrogens with zero attached hydrogens (tertiary/aromatic N) is 1. The molecule has 0 aliphatic carbocycles. The van der Waals surface area contributed by atoms with E-state index in [2.05, 4.69) is 31.3 Å².